The summed E-state index contributed by atoms with van der Waals surface area (Å²) in [6, 6.07) is 2.56. The van der Waals surface area contributed by atoms with Gasteiger partial charge in [-0.2, -0.15) is 0 Å². The van der Waals surface area contributed by atoms with Gasteiger partial charge in [-0.3, -0.25) is 0 Å². The van der Waals surface area contributed by atoms with Gasteiger partial charge in [0.2, 0.25) is 0 Å². The summed E-state index contributed by atoms with van der Waals surface area (Å²) in [4.78, 5) is 15.8. The molecule has 0 atom stereocenters. The molecule has 0 spiro atoms. The highest BCUT2D eigenvalue weighted by atomic mass is 79.9. The van der Waals surface area contributed by atoms with E-state index in [2.05, 4.69) is 25.9 Å². The lowest BCUT2D eigenvalue weighted by Crippen LogP contribution is -1.99. The number of aromatic nitrogens is 2. The average molecular weight is 231 g/mol. The second-order valence-corrected chi connectivity index (χ2v) is 3.24. The third-order valence-corrected chi connectivity index (χ3v) is 2.17. The standard InChI is InChI=1S/C7H4BrFN2O/c8-4-1-3(9)2-5-6(4)11-7(12)10-5/h1-2H,(H2,10,11,12). The highest BCUT2D eigenvalue weighted by Crippen LogP contribution is 2.20. The fraction of sp³-hybridized carbons (Fsp3) is 0. The van der Waals surface area contributed by atoms with Gasteiger partial charge in [0.25, 0.3) is 0 Å². The van der Waals surface area contributed by atoms with E-state index in [4.69, 9.17) is 0 Å². The van der Waals surface area contributed by atoms with Crippen molar-refractivity contribution in [1.29, 1.82) is 0 Å². The molecule has 3 nitrogen and oxygen atoms in total. The van der Waals surface area contributed by atoms with Crippen LogP contribution in [-0.2, 0) is 0 Å². The van der Waals surface area contributed by atoms with E-state index in [1.54, 1.807) is 0 Å². The number of rotatable bonds is 0. The van der Waals surface area contributed by atoms with Crippen LogP contribution in [-0.4, -0.2) is 9.97 Å². The second kappa shape index (κ2) is 2.45. The summed E-state index contributed by atoms with van der Waals surface area (Å²) in [5.41, 5.74) is 0.713. The Balaban J connectivity index is 2.97. The SMILES string of the molecule is O=c1[nH]c2cc(F)cc(Br)c2[nH]1. The Morgan fingerprint density at radius 2 is 2.08 bits per heavy atom. The van der Waals surface area contributed by atoms with Crippen LogP contribution in [0.4, 0.5) is 4.39 Å². The molecular formula is C7H4BrFN2O. The summed E-state index contributed by atoms with van der Waals surface area (Å²) in [6.07, 6.45) is 0. The van der Waals surface area contributed by atoms with E-state index < -0.39 is 0 Å². The molecule has 0 unspecified atom stereocenters. The molecule has 2 aromatic rings. The van der Waals surface area contributed by atoms with Gasteiger partial charge in [-0.25, -0.2) is 9.18 Å². The van der Waals surface area contributed by atoms with Crippen molar-refractivity contribution in [3.05, 3.63) is 32.9 Å². The highest BCUT2D eigenvalue weighted by molar-refractivity contribution is 9.10. The minimum absolute atomic E-state index is 0.337. The van der Waals surface area contributed by atoms with E-state index in [-0.39, 0.29) is 11.5 Å². The maximum atomic E-state index is 12.7. The predicted molar refractivity (Wildman–Crippen MR) is 46.6 cm³/mol. The number of hydrogen-bond donors (Lipinski definition) is 2. The van der Waals surface area contributed by atoms with Crippen LogP contribution in [0.15, 0.2) is 21.4 Å². The topological polar surface area (TPSA) is 48.6 Å². The molecule has 1 aromatic heterocycles. The molecule has 0 saturated carbocycles. The zero-order valence-corrected chi connectivity index (χ0v) is 7.40. The zero-order valence-electron chi connectivity index (χ0n) is 5.82. The first-order valence-electron chi connectivity index (χ1n) is 3.24. The van der Waals surface area contributed by atoms with Gasteiger partial charge in [-0.05, 0) is 28.1 Å². The third-order valence-electron chi connectivity index (χ3n) is 1.54. The van der Waals surface area contributed by atoms with Gasteiger partial charge >= 0.3 is 5.69 Å². The Bertz CT molecular complexity index is 488. The molecule has 5 heteroatoms. The Kier molecular flexibility index (Phi) is 1.54. The van der Waals surface area contributed by atoms with Gasteiger partial charge < -0.3 is 9.97 Å². The number of aromatic amines is 2. The Morgan fingerprint density at radius 1 is 1.33 bits per heavy atom. The van der Waals surface area contributed by atoms with Crippen LogP contribution in [0.25, 0.3) is 11.0 Å². The van der Waals surface area contributed by atoms with E-state index in [9.17, 15) is 9.18 Å². The first kappa shape index (κ1) is 7.54. The van der Waals surface area contributed by atoms with Crippen molar-refractivity contribution in [1.82, 2.24) is 9.97 Å². The van der Waals surface area contributed by atoms with Gasteiger partial charge in [0.15, 0.2) is 0 Å². The van der Waals surface area contributed by atoms with Gasteiger partial charge in [0.05, 0.1) is 11.0 Å². The van der Waals surface area contributed by atoms with Crippen molar-refractivity contribution in [2.45, 2.75) is 0 Å². The summed E-state index contributed by atoms with van der Waals surface area (Å²) >= 11 is 3.13. The third kappa shape index (κ3) is 1.06. The van der Waals surface area contributed by atoms with Gasteiger partial charge in [0, 0.05) is 4.47 Å². The molecular weight excluding hydrogens is 227 g/mol. The predicted octanol–water partition coefficient (Wildman–Crippen LogP) is 1.76. The van der Waals surface area contributed by atoms with Gasteiger partial charge in [-0.15, -0.1) is 0 Å². The lowest BCUT2D eigenvalue weighted by atomic mass is 10.3. The molecule has 0 aliphatic carbocycles. The maximum Gasteiger partial charge on any atom is 0.323 e. The number of imidazole rings is 1. The lowest BCUT2D eigenvalue weighted by molar-refractivity contribution is 0.628. The second-order valence-electron chi connectivity index (χ2n) is 2.39. The molecule has 12 heavy (non-hydrogen) atoms. The van der Waals surface area contributed by atoms with Crippen LogP contribution in [0.2, 0.25) is 0 Å². The molecule has 0 radical (unpaired) electrons. The average Bonchev–Trinajstić information content (AvgIpc) is 2.29. The van der Waals surface area contributed by atoms with Crippen molar-refractivity contribution in [2.75, 3.05) is 0 Å². The van der Waals surface area contributed by atoms with Crippen LogP contribution in [0.3, 0.4) is 0 Å². The molecule has 2 N–H and O–H groups in total. The normalized spacial score (nSPS) is 10.8. The number of halogens is 2. The quantitative estimate of drug-likeness (QED) is 0.712. The minimum atomic E-state index is -0.385. The van der Waals surface area contributed by atoms with Crippen LogP contribution >= 0.6 is 15.9 Å². The molecule has 2 rings (SSSR count). The van der Waals surface area contributed by atoms with Crippen LogP contribution in [0.5, 0.6) is 0 Å². The Hall–Kier alpha value is -1.10. The number of hydrogen-bond acceptors (Lipinski definition) is 1. The molecule has 0 bridgehead atoms. The summed E-state index contributed by atoms with van der Waals surface area (Å²) in [6.45, 7) is 0. The first-order chi connectivity index (χ1) is 5.66. The van der Waals surface area contributed by atoms with Crippen LogP contribution in [0.1, 0.15) is 0 Å². The molecule has 0 amide bonds. The largest absolute Gasteiger partial charge is 0.323 e. The van der Waals surface area contributed by atoms with E-state index >= 15 is 0 Å². The molecule has 1 heterocycles. The summed E-state index contributed by atoms with van der Waals surface area (Å²) < 4.78 is 13.3. The number of nitrogens with one attached hydrogen (secondary N) is 2. The highest BCUT2D eigenvalue weighted by Gasteiger charge is 2.03. The summed E-state index contributed by atoms with van der Waals surface area (Å²) in [7, 11) is 0. The number of benzene rings is 1. The first-order valence-corrected chi connectivity index (χ1v) is 4.03. The fourth-order valence-electron chi connectivity index (χ4n) is 1.07. The molecule has 0 saturated heterocycles. The number of H-pyrrole nitrogens is 2. The van der Waals surface area contributed by atoms with E-state index in [0.717, 1.165) is 0 Å². The van der Waals surface area contributed by atoms with Gasteiger partial charge in [-0.1, -0.05) is 0 Å². The Morgan fingerprint density at radius 3 is 2.83 bits per heavy atom. The molecule has 62 valence electrons. The van der Waals surface area contributed by atoms with Crippen molar-refractivity contribution in [3.8, 4) is 0 Å². The van der Waals surface area contributed by atoms with Crippen molar-refractivity contribution >= 4 is 27.0 Å². The van der Waals surface area contributed by atoms with Gasteiger partial charge in [0.1, 0.15) is 5.82 Å². The smallest absolute Gasteiger partial charge is 0.306 e. The van der Waals surface area contributed by atoms with Crippen LogP contribution in [0, 0.1) is 5.82 Å². The van der Waals surface area contributed by atoms with E-state index in [1.807, 2.05) is 0 Å². The van der Waals surface area contributed by atoms with Crippen molar-refractivity contribution in [2.24, 2.45) is 0 Å². The van der Waals surface area contributed by atoms with Crippen molar-refractivity contribution in [3.63, 3.8) is 0 Å². The van der Waals surface area contributed by atoms with Crippen molar-refractivity contribution < 1.29 is 4.39 Å². The fourth-order valence-corrected chi connectivity index (χ4v) is 1.60. The maximum absolute atomic E-state index is 12.7. The van der Waals surface area contributed by atoms with Crippen LogP contribution < -0.4 is 5.69 Å². The molecule has 0 fully saturated rings. The number of fused-ring (bicyclic) bond motifs is 1. The monoisotopic (exact) mass is 230 g/mol. The minimum Gasteiger partial charge on any atom is -0.306 e. The van der Waals surface area contributed by atoms with E-state index in [0.29, 0.717) is 15.5 Å². The van der Waals surface area contributed by atoms with E-state index in [1.165, 1.54) is 12.1 Å². The lowest BCUT2D eigenvalue weighted by Gasteiger charge is -1.92. The molecule has 0 aliphatic heterocycles. The summed E-state index contributed by atoms with van der Waals surface area (Å²) in [5.74, 6) is -0.385. The molecule has 1 aromatic carbocycles. The summed E-state index contributed by atoms with van der Waals surface area (Å²) in [5, 5.41) is 0. The zero-order chi connectivity index (χ0) is 8.72. The Labute approximate surface area is 74.7 Å². The molecule has 0 aliphatic rings.